The van der Waals surface area contributed by atoms with Crippen LogP contribution in [0.2, 0.25) is 0 Å². The lowest BCUT2D eigenvalue weighted by Crippen LogP contribution is -2.32. The maximum absolute atomic E-state index is 12.3. The van der Waals surface area contributed by atoms with Crippen LogP contribution in [0, 0.1) is 0 Å². The number of nitrogen functional groups attached to an aromatic ring is 1. The minimum Gasteiger partial charge on any atom is -0.492 e. The largest absolute Gasteiger partial charge is 0.492 e. The van der Waals surface area contributed by atoms with Gasteiger partial charge >= 0.3 is 0 Å². The minimum absolute atomic E-state index is 0.0709. The van der Waals surface area contributed by atoms with Crippen molar-refractivity contribution < 1.29 is 14.5 Å². The number of carbonyl (C=O) groups is 1. The molecule has 1 amide bonds. The zero-order valence-corrected chi connectivity index (χ0v) is 18.1. The minimum atomic E-state index is -2.41. The number of fused-ring (bicyclic) bond motifs is 1. The molecule has 0 aliphatic carbocycles. The predicted molar refractivity (Wildman–Crippen MR) is 116 cm³/mol. The summed E-state index contributed by atoms with van der Waals surface area (Å²) in [7, 11) is -0.538. The first kappa shape index (κ1) is 21.4. The number of rotatable bonds is 6. The summed E-state index contributed by atoms with van der Waals surface area (Å²) in [4.78, 5) is 30.4. The molecule has 4 N–H and O–H groups in total. The lowest BCUT2D eigenvalue weighted by atomic mass is 10.2. The number of nitrogens with two attached hydrogens (primary N) is 1. The second-order valence-corrected chi connectivity index (χ2v) is 11.1. The molecule has 11 heteroatoms. The van der Waals surface area contributed by atoms with Crippen LogP contribution in [0.5, 0.6) is 5.88 Å². The van der Waals surface area contributed by atoms with Gasteiger partial charge in [-0.05, 0) is 44.5 Å². The van der Waals surface area contributed by atoms with Gasteiger partial charge in [-0.25, -0.2) is 9.97 Å². The van der Waals surface area contributed by atoms with Crippen molar-refractivity contribution >= 4 is 35.8 Å². The number of carbonyl (C=O) groups excluding carboxylic acids is 1. The zero-order chi connectivity index (χ0) is 22.1. The van der Waals surface area contributed by atoms with Crippen molar-refractivity contribution in [3.05, 3.63) is 41.7 Å². The van der Waals surface area contributed by atoms with Gasteiger partial charge in [-0.15, -0.1) is 0 Å². The highest BCUT2D eigenvalue weighted by Crippen LogP contribution is 2.40. The molecule has 10 nitrogen and oxygen atoms in total. The quantitative estimate of drug-likeness (QED) is 0.501. The van der Waals surface area contributed by atoms with E-state index in [0.29, 0.717) is 17.8 Å². The van der Waals surface area contributed by atoms with Gasteiger partial charge in [-0.3, -0.25) is 4.79 Å². The van der Waals surface area contributed by atoms with E-state index in [1.165, 1.54) is 0 Å². The summed E-state index contributed by atoms with van der Waals surface area (Å²) in [5.74, 6) is -1.05. The molecule has 0 aliphatic rings. The number of benzene rings is 1. The SMILES string of the molecule is C[C@H](NC(=O)c1ccc(N(C)Cc2cnc3nc(N)nc(O)c3n2)cc1)P(C)(C)=O. The third kappa shape index (κ3) is 4.83. The molecule has 0 bridgehead atoms. The molecule has 1 aromatic carbocycles. The predicted octanol–water partition coefficient (Wildman–Crippen LogP) is 2.04. The highest BCUT2D eigenvalue weighted by Gasteiger charge is 2.20. The van der Waals surface area contributed by atoms with Crippen molar-refractivity contribution in [2.24, 2.45) is 0 Å². The van der Waals surface area contributed by atoms with Gasteiger partial charge in [-0.1, -0.05) is 0 Å². The first-order chi connectivity index (χ1) is 14.0. The summed E-state index contributed by atoms with van der Waals surface area (Å²) in [5.41, 5.74) is 7.85. The Labute approximate surface area is 173 Å². The number of aromatic hydroxyl groups is 1. The van der Waals surface area contributed by atoms with Gasteiger partial charge in [0.1, 0.15) is 7.14 Å². The van der Waals surface area contributed by atoms with Crippen LogP contribution >= 0.6 is 7.14 Å². The normalized spacial score (nSPS) is 12.5. The van der Waals surface area contributed by atoms with Crippen molar-refractivity contribution in [1.82, 2.24) is 25.3 Å². The average Bonchev–Trinajstić information content (AvgIpc) is 2.67. The molecule has 2 aromatic heterocycles. The highest BCUT2D eigenvalue weighted by molar-refractivity contribution is 7.63. The molecule has 2 heterocycles. The van der Waals surface area contributed by atoms with Crippen molar-refractivity contribution in [3.63, 3.8) is 0 Å². The summed E-state index contributed by atoms with van der Waals surface area (Å²) in [6.07, 6.45) is 1.56. The molecule has 1 atom stereocenters. The molecule has 0 saturated heterocycles. The topological polar surface area (TPSA) is 147 Å². The third-order valence-corrected chi connectivity index (χ3v) is 6.69. The van der Waals surface area contributed by atoms with E-state index in [9.17, 15) is 14.5 Å². The molecule has 0 unspecified atom stereocenters. The van der Waals surface area contributed by atoms with E-state index < -0.39 is 12.9 Å². The van der Waals surface area contributed by atoms with E-state index in [1.54, 1.807) is 38.6 Å². The van der Waals surface area contributed by atoms with E-state index in [-0.39, 0.29) is 28.9 Å². The number of anilines is 2. The van der Waals surface area contributed by atoms with Crippen LogP contribution in [-0.2, 0) is 11.1 Å². The van der Waals surface area contributed by atoms with Crippen LogP contribution in [0.15, 0.2) is 30.5 Å². The number of amides is 1. The van der Waals surface area contributed by atoms with E-state index in [2.05, 4.69) is 25.3 Å². The van der Waals surface area contributed by atoms with Crippen LogP contribution in [0.4, 0.5) is 11.6 Å². The molecule has 158 valence electrons. The lowest BCUT2D eigenvalue weighted by molar-refractivity contribution is 0.0950. The lowest BCUT2D eigenvalue weighted by Gasteiger charge is -2.20. The first-order valence-corrected chi connectivity index (χ1v) is 11.9. The van der Waals surface area contributed by atoms with Gasteiger partial charge in [0.15, 0.2) is 11.2 Å². The Bertz CT molecular complexity index is 1130. The van der Waals surface area contributed by atoms with Crippen molar-refractivity contribution in [2.45, 2.75) is 19.3 Å². The van der Waals surface area contributed by atoms with Gasteiger partial charge in [0, 0.05) is 18.3 Å². The van der Waals surface area contributed by atoms with E-state index in [0.717, 1.165) is 5.69 Å². The van der Waals surface area contributed by atoms with E-state index in [1.807, 2.05) is 24.1 Å². The maximum atomic E-state index is 12.3. The van der Waals surface area contributed by atoms with Crippen molar-refractivity contribution in [2.75, 3.05) is 31.0 Å². The van der Waals surface area contributed by atoms with Gasteiger partial charge in [0.05, 0.1) is 24.2 Å². The second kappa shape index (κ2) is 8.23. The average molecular weight is 429 g/mol. The van der Waals surface area contributed by atoms with Crippen LogP contribution in [0.3, 0.4) is 0 Å². The van der Waals surface area contributed by atoms with Crippen LogP contribution in [-0.4, -0.2) is 57.1 Å². The second-order valence-electron chi connectivity index (χ2n) is 7.43. The fourth-order valence-corrected chi connectivity index (χ4v) is 3.08. The summed E-state index contributed by atoms with van der Waals surface area (Å²) in [6.45, 7) is 5.44. The summed E-state index contributed by atoms with van der Waals surface area (Å²) in [5, 5.41) is 12.7. The molecule has 0 spiro atoms. The van der Waals surface area contributed by atoms with Crippen LogP contribution < -0.4 is 16.0 Å². The first-order valence-electron chi connectivity index (χ1n) is 9.19. The fraction of sp³-hybridized carbons (Fsp3) is 0.316. The Hall–Kier alpha value is -3.26. The Morgan fingerprint density at radius 2 is 1.90 bits per heavy atom. The number of hydrogen-bond donors (Lipinski definition) is 3. The maximum Gasteiger partial charge on any atom is 0.251 e. The molecule has 0 aliphatic heterocycles. The molecule has 0 radical (unpaired) electrons. The number of nitrogens with zero attached hydrogens (tertiary/aromatic N) is 5. The van der Waals surface area contributed by atoms with Gasteiger partial charge in [-0.2, -0.15) is 9.97 Å². The molecule has 30 heavy (non-hydrogen) atoms. The van der Waals surface area contributed by atoms with Crippen LogP contribution in [0.25, 0.3) is 11.2 Å². The van der Waals surface area contributed by atoms with Gasteiger partial charge < -0.3 is 25.6 Å². The number of hydrogen-bond acceptors (Lipinski definition) is 9. The van der Waals surface area contributed by atoms with Crippen molar-refractivity contribution in [3.8, 4) is 5.88 Å². The van der Waals surface area contributed by atoms with Crippen LogP contribution in [0.1, 0.15) is 23.0 Å². The molecule has 0 saturated carbocycles. The number of aromatic nitrogens is 4. The molecular formula is C19H24N7O3P. The van der Waals surface area contributed by atoms with Crippen molar-refractivity contribution in [1.29, 1.82) is 0 Å². The summed E-state index contributed by atoms with van der Waals surface area (Å²) in [6, 6.07) is 7.04. The summed E-state index contributed by atoms with van der Waals surface area (Å²) >= 11 is 0. The van der Waals surface area contributed by atoms with E-state index in [4.69, 9.17) is 5.73 Å². The highest BCUT2D eigenvalue weighted by atomic mass is 31.2. The summed E-state index contributed by atoms with van der Waals surface area (Å²) < 4.78 is 12.1. The Kier molecular flexibility index (Phi) is 5.89. The Morgan fingerprint density at radius 1 is 1.23 bits per heavy atom. The molecule has 0 fully saturated rings. The number of nitrogens with one attached hydrogen (secondary N) is 1. The molecular weight excluding hydrogens is 405 g/mol. The third-order valence-electron chi connectivity index (χ3n) is 4.70. The van der Waals surface area contributed by atoms with Gasteiger partial charge in [0.2, 0.25) is 11.8 Å². The Morgan fingerprint density at radius 3 is 2.53 bits per heavy atom. The zero-order valence-electron chi connectivity index (χ0n) is 17.2. The molecule has 3 aromatic rings. The Balaban J connectivity index is 1.72. The smallest absolute Gasteiger partial charge is 0.251 e. The standard InChI is InChI=1S/C19H24N7O3P/c1-11(30(3,4)29)22-17(27)12-5-7-14(8-6-12)26(2)10-13-9-21-16-15(23-13)18(28)25-19(20)24-16/h5-9,11H,10H2,1-4H3,(H,22,27)(H3,20,21,24,25,28)/t11-/m1/s1. The van der Waals surface area contributed by atoms with E-state index >= 15 is 0 Å². The van der Waals surface area contributed by atoms with Gasteiger partial charge in [0.25, 0.3) is 5.91 Å². The molecule has 3 rings (SSSR count). The fourth-order valence-electron chi connectivity index (χ4n) is 2.65. The monoisotopic (exact) mass is 429 g/mol.